The second-order valence-corrected chi connectivity index (χ2v) is 8.64. The molecule has 0 saturated carbocycles. The van der Waals surface area contributed by atoms with E-state index in [1.165, 1.54) is 4.90 Å². The number of nitrogens with zero attached hydrogens (tertiary/aromatic N) is 2. The third kappa shape index (κ3) is 5.14. The summed E-state index contributed by atoms with van der Waals surface area (Å²) in [5.41, 5.74) is 12.6. The number of aromatic amines is 1. The van der Waals surface area contributed by atoms with Gasteiger partial charge in [0.25, 0.3) is 11.8 Å². The Kier molecular flexibility index (Phi) is 7.49. The highest BCUT2D eigenvalue weighted by Gasteiger charge is 2.37. The molecule has 6 N–H and O–H groups in total. The summed E-state index contributed by atoms with van der Waals surface area (Å²) in [5, 5.41) is 3.27. The maximum absolute atomic E-state index is 14.0. The summed E-state index contributed by atoms with van der Waals surface area (Å²) in [6.45, 7) is 1.42. The molecule has 2 aromatic carbocycles. The third-order valence-electron chi connectivity index (χ3n) is 5.54. The number of aromatic nitrogens is 2. The quantitative estimate of drug-likeness (QED) is 0.245. The molecule has 2 heterocycles. The number of anilines is 2. The minimum absolute atomic E-state index is 0.0549. The molecule has 4 aromatic rings. The fourth-order valence-electron chi connectivity index (χ4n) is 3.90. The van der Waals surface area contributed by atoms with Crippen molar-refractivity contribution in [2.24, 2.45) is 5.73 Å². The first kappa shape index (κ1) is 25.4. The molecule has 0 radical (unpaired) electrons. The van der Waals surface area contributed by atoms with Crippen molar-refractivity contribution >= 4 is 57.5 Å². The normalized spacial score (nSPS) is 11.6. The van der Waals surface area contributed by atoms with Crippen LogP contribution >= 0.6 is 11.5 Å². The molecule has 0 saturated heterocycles. The maximum Gasteiger partial charge on any atom is 0.325 e. The minimum atomic E-state index is -1.24. The number of ether oxygens (including phenoxy) is 1. The van der Waals surface area contributed by atoms with E-state index in [4.69, 9.17) is 16.2 Å². The SMILES string of the molecule is CCOC(=O)CNC(=O)C(c1c[nH]c2ccccc12)N(C(=O)c1snc(C(N)=O)c1N)c1ccccc1. The van der Waals surface area contributed by atoms with Gasteiger partial charge in [0.05, 0.1) is 12.3 Å². The lowest BCUT2D eigenvalue weighted by molar-refractivity contribution is -0.143. The molecule has 12 heteroatoms. The summed E-state index contributed by atoms with van der Waals surface area (Å²) in [5.74, 6) is -2.80. The lowest BCUT2D eigenvalue weighted by Gasteiger charge is -2.31. The van der Waals surface area contributed by atoms with Crippen molar-refractivity contribution < 1.29 is 23.9 Å². The second-order valence-electron chi connectivity index (χ2n) is 7.86. The van der Waals surface area contributed by atoms with Gasteiger partial charge in [-0.2, -0.15) is 4.37 Å². The van der Waals surface area contributed by atoms with Crippen molar-refractivity contribution in [3.05, 3.63) is 76.9 Å². The summed E-state index contributed by atoms with van der Waals surface area (Å²) in [6.07, 6.45) is 1.63. The molecule has 0 bridgehead atoms. The number of para-hydroxylation sites is 2. The summed E-state index contributed by atoms with van der Waals surface area (Å²) >= 11 is 0.710. The van der Waals surface area contributed by atoms with Gasteiger partial charge in [-0.1, -0.05) is 36.4 Å². The predicted octanol–water partition coefficient (Wildman–Crippen LogP) is 2.37. The van der Waals surface area contributed by atoms with Crippen LogP contribution in [-0.2, 0) is 14.3 Å². The van der Waals surface area contributed by atoms with Crippen molar-refractivity contribution in [2.75, 3.05) is 23.8 Å². The number of esters is 1. The number of rotatable bonds is 9. The summed E-state index contributed by atoms with van der Waals surface area (Å²) < 4.78 is 8.86. The number of carbonyl (C=O) groups is 4. The third-order valence-corrected chi connectivity index (χ3v) is 6.39. The van der Waals surface area contributed by atoms with Crippen LogP contribution in [0.15, 0.2) is 60.8 Å². The molecule has 1 atom stereocenters. The summed E-state index contributed by atoms with van der Waals surface area (Å²) in [7, 11) is 0. The number of nitrogen functional groups attached to an aromatic ring is 1. The molecule has 0 spiro atoms. The highest BCUT2D eigenvalue weighted by atomic mass is 32.1. The predicted molar refractivity (Wildman–Crippen MR) is 139 cm³/mol. The van der Waals surface area contributed by atoms with Gasteiger partial charge >= 0.3 is 5.97 Å². The van der Waals surface area contributed by atoms with Crippen LogP contribution in [0.5, 0.6) is 0 Å². The number of amides is 3. The first-order valence-corrected chi connectivity index (χ1v) is 12.0. The molecule has 190 valence electrons. The molecule has 0 aliphatic carbocycles. The largest absolute Gasteiger partial charge is 0.465 e. The van der Waals surface area contributed by atoms with E-state index in [2.05, 4.69) is 14.7 Å². The van der Waals surface area contributed by atoms with Gasteiger partial charge in [0.15, 0.2) is 5.69 Å². The standard InChI is InChI=1S/C25H24N6O5S/c1-2-36-18(32)13-29-24(34)21(16-12-28-17-11-7-6-10-15(16)17)31(14-8-4-3-5-9-14)25(35)22-19(26)20(23(27)33)30-37-22/h3-12,21,28H,2,13,26H2,1H3,(H2,27,33)(H,29,34). The molecule has 0 aliphatic heterocycles. The second kappa shape index (κ2) is 10.9. The van der Waals surface area contributed by atoms with Crippen LogP contribution in [0.2, 0.25) is 0 Å². The average Bonchev–Trinajstić information content (AvgIpc) is 3.50. The van der Waals surface area contributed by atoms with Gasteiger partial charge in [-0.3, -0.25) is 24.1 Å². The zero-order chi connectivity index (χ0) is 26.5. The van der Waals surface area contributed by atoms with Gasteiger partial charge in [-0.05, 0) is 36.7 Å². The van der Waals surface area contributed by atoms with Gasteiger partial charge in [-0.25, -0.2) is 0 Å². The number of H-pyrrole nitrogens is 1. The van der Waals surface area contributed by atoms with Crippen molar-refractivity contribution in [1.82, 2.24) is 14.7 Å². The molecule has 0 fully saturated rings. The van der Waals surface area contributed by atoms with Crippen LogP contribution in [0.3, 0.4) is 0 Å². The molecule has 37 heavy (non-hydrogen) atoms. The molecule has 4 rings (SSSR count). The number of nitrogens with two attached hydrogens (primary N) is 2. The molecule has 2 aromatic heterocycles. The Morgan fingerprint density at radius 1 is 1.11 bits per heavy atom. The van der Waals surface area contributed by atoms with Crippen LogP contribution < -0.4 is 21.7 Å². The summed E-state index contributed by atoms with van der Waals surface area (Å²) in [4.78, 5) is 55.7. The first-order chi connectivity index (χ1) is 17.8. The molecule has 1 unspecified atom stereocenters. The minimum Gasteiger partial charge on any atom is -0.465 e. The van der Waals surface area contributed by atoms with Crippen LogP contribution in [0.1, 0.15) is 38.7 Å². The number of fused-ring (bicyclic) bond motifs is 1. The molecule has 0 aliphatic rings. The van der Waals surface area contributed by atoms with Gasteiger partial charge < -0.3 is 26.5 Å². The van der Waals surface area contributed by atoms with Gasteiger partial charge in [0.2, 0.25) is 5.91 Å². The Bertz CT molecular complexity index is 1460. The van der Waals surface area contributed by atoms with Gasteiger partial charge in [0, 0.05) is 28.4 Å². The Hall–Kier alpha value is -4.71. The fourth-order valence-corrected chi connectivity index (χ4v) is 4.64. The Morgan fingerprint density at radius 3 is 2.49 bits per heavy atom. The summed E-state index contributed by atoms with van der Waals surface area (Å²) in [6, 6.07) is 14.6. The van der Waals surface area contributed by atoms with E-state index in [9.17, 15) is 19.2 Å². The van der Waals surface area contributed by atoms with E-state index in [1.54, 1.807) is 43.5 Å². The highest BCUT2D eigenvalue weighted by Crippen LogP contribution is 2.35. The van der Waals surface area contributed by atoms with E-state index in [0.717, 1.165) is 5.52 Å². The van der Waals surface area contributed by atoms with Gasteiger partial charge in [0.1, 0.15) is 17.5 Å². The van der Waals surface area contributed by atoms with Crippen LogP contribution in [0.4, 0.5) is 11.4 Å². The zero-order valence-electron chi connectivity index (χ0n) is 19.8. The molecule has 11 nitrogen and oxygen atoms in total. The lowest BCUT2D eigenvalue weighted by Crippen LogP contribution is -2.45. The number of benzene rings is 2. The van der Waals surface area contributed by atoms with E-state index in [1.807, 2.05) is 24.3 Å². The van der Waals surface area contributed by atoms with E-state index >= 15 is 0 Å². The average molecular weight is 521 g/mol. The topological polar surface area (TPSA) is 174 Å². The first-order valence-electron chi connectivity index (χ1n) is 11.3. The van der Waals surface area contributed by atoms with Crippen molar-refractivity contribution in [1.29, 1.82) is 0 Å². The number of primary amides is 1. The maximum atomic E-state index is 14.0. The lowest BCUT2D eigenvalue weighted by atomic mass is 10.0. The zero-order valence-corrected chi connectivity index (χ0v) is 20.6. The van der Waals surface area contributed by atoms with Crippen LogP contribution in [-0.4, -0.2) is 46.2 Å². The van der Waals surface area contributed by atoms with Gasteiger partial charge in [-0.15, -0.1) is 0 Å². The number of nitrogens with one attached hydrogen (secondary N) is 2. The highest BCUT2D eigenvalue weighted by molar-refractivity contribution is 7.09. The number of carbonyl (C=O) groups excluding carboxylic acids is 4. The van der Waals surface area contributed by atoms with Crippen LogP contribution in [0, 0.1) is 0 Å². The molecular formula is C25H24N6O5S. The van der Waals surface area contributed by atoms with E-state index in [-0.39, 0.29) is 22.9 Å². The van der Waals surface area contributed by atoms with Crippen molar-refractivity contribution in [3.63, 3.8) is 0 Å². The van der Waals surface area contributed by atoms with E-state index < -0.39 is 36.3 Å². The van der Waals surface area contributed by atoms with Crippen LogP contribution in [0.25, 0.3) is 10.9 Å². The number of hydrogen-bond acceptors (Lipinski definition) is 8. The Balaban J connectivity index is 1.87. The smallest absolute Gasteiger partial charge is 0.325 e. The Labute approximate surface area is 215 Å². The van der Waals surface area contributed by atoms with E-state index in [0.29, 0.717) is 28.2 Å². The molecule has 3 amide bonds. The number of hydrogen-bond donors (Lipinski definition) is 4. The Morgan fingerprint density at radius 2 is 1.81 bits per heavy atom. The molecular weight excluding hydrogens is 496 g/mol. The van der Waals surface area contributed by atoms with Crippen molar-refractivity contribution in [3.8, 4) is 0 Å². The fraction of sp³-hybridized carbons (Fsp3) is 0.160. The monoisotopic (exact) mass is 520 g/mol. The van der Waals surface area contributed by atoms with Crippen molar-refractivity contribution in [2.45, 2.75) is 13.0 Å².